The molecule has 6 rings (SSSR count). The van der Waals surface area contributed by atoms with Crippen LogP contribution in [0.1, 0.15) is 56.9 Å². The number of nitrogens with zero attached hydrogens (tertiary/aromatic N) is 1. The third-order valence-electron chi connectivity index (χ3n) is 7.83. The average molecular weight is 505 g/mol. The van der Waals surface area contributed by atoms with Gasteiger partial charge in [0, 0.05) is 15.9 Å². The molecule has 0 atom stereocenters. The molecular formula is C35H38NS+. The quantitative estimate of drug-likeness (QED) is 0.171. The van der Waals surface area contributed by atoms with Gasteiger partial charge in [0.2, 0.25) is 5.69 Å². The smallest absolute Gasteiger partial charge is 0.200 e. The van der Waals surface area contributed by atoms with Gasteiger partial charge in [-0.25, -0.2) is 4.57 Å². The van der Waals surface area contributed by atoms with Crippen molar-refractivity contribution in [3.05, 3.63) is 77.0 Å². The molecule has 0 spiro atoms. The van der Waals surface area contributed by atoms with Gasteiger partial charge in [0.05, 0.1) is 10.9 Å². The van der Waals surface area contributed by atoms with Crippen LogP contribution in [0.2, 0.25) is 0 Å². The first-order valence-electron chi connectivity index (χ1n) is 13.6. The summed E-state index contributed by atoms with van der Waals surface area (Å²) in [5, 5.41) is 8.31. The number of rotatable bonds is 3. The summed E-state index contributed by atoms with van der Waals surface area (Å²) in [6.07, 6.45) is 4.43. The molecule has 1 aliphatic heterocycles. The van der Waals surface area contributed by atoms with E-state index < -0.39 is 0 Å². The Morgan fingerprint density at radius 1 is 0.838 bits per heavy atom. The number of aryl methyl sites for hydroxylation is 3. The largest absolute Gasteiger partial charge is 0.222 e. The highest BCUT2D eigenvalue weighted by Crippen LogP contribution is 2.54. The summed E-state index contributed by atoms with van der Waals surface area (Å²) in [4.78, 5) is 2.88. The predicted molar refractivity (Wildman–Crippen MR) is 161 cm³/mol. The SMILES string of the molecule is Cc1ccc2c(CC(C)(C)C)c3c(c(C)c2c1)-c1c2c(c4ccc(CC(C)C)cc4cc2cc[n+]1C)S3. The van der Waals surface area contributed by atoms with Crippen LogP contribution in [0, 0.1) is 25.2 Å². The van der Waals surface area contributed by atoms with Gasteiger partial charge in [0.15, 0.2) is 6.20 Å². The fourth-order valence-electron chi connectivity index (χ4n) is 6.28. The zero-order chi connectivity index (χ0) is 26.2. The molecule has 0 saturated carbocycles. The molecule has 0 saturated heterocycles. The normalized spacial score (nSPS) is 13.2. The minimum absolute atomic E-state index is 0.195. The second kappa shape index (κ2) is 8.60. The zero-order valence-corrected chi connectivity index (χ0v) is 24.4. The Balaban J connectivity index is 1.75. The summed E-state index contributed by atoms with van der Waals surface area (Å²) in [7, 11) is 2.22. The molecule has 1 nitrogen and oxygen atoms in total. The number of benzene rings is 4. The van der Waals surface area contributed by atoms with E-state index in [0.29, 0.717) is 5.92 Å². The lowest BCUT2D eigenvalue weighted by molar-refractivity contribution is -0.659. The number of fused-ring (bicyclic) bond motifs is 5. The molecule has 0 unspecified atom stereocenters. The summed E-state index contributed by atoms with van der Waals surface area (Å²) >= 11 is 2.02. The molecule has 1 aromatic heterocycles. The second-order valence-electron chi connectivity index (χ2n) is 12.8. The Kier molecular flexibility index (Phi) is 5.69. The van der Waals surface area contributed by atoms with Gasteiger partial charge in [0.1, 0.15) is 7.05 Å². The summed E-state index contributed by atoms with van der Waals surface area (Å²) in [6.45, 7) is 16.3. The zero-order valence-electron chi connectivity index (χ0n) is 23.5. The molecule has 0 radical (unpaired) electrons. The first-order chi connectivity index (χ1) is 17.5. The topological polar surface area (TPSA) is 3.88 Å². The maximum absolute atomic E-state index is 2.43. The molecule has 2 heteroatoms. The van der Waals surface area contributed by atoms with Crippen molar-refractivity contribution in [1.29, 1.82) is 0 Å². The van der Waals surface area contributed by atoms with Crippen molar-refractivity contribution < 1.29 is 4.57 Å². The van der Waals surface area contributed by atoms with Gasteiger partial charge in [-0.05, 0) is 87.7 Å². The summed E-state index contributed by atoms with van der Waals surface area (Å²) in [6, 6.07) is 18.9. The molecular weight excluding hydrogens is 466 g/mol. The van der Waals surface area contributed by atoms with E-state index in [2.05, 4.69) is 115 Å². The van der Waals surface area contributed by atoms with E-state index in [1.807, 2.05) is 11.8 Å². The lowest BCUT2D eigenvalue weighted by Crippen LogP contribution is -2.32. The van der Waals surface area contributed by atoms with E-state index in [0.717, 1.165) is 12.8 Å². The van der Waals surface area contributed by atoms with Crippen LogP contribution in [0.25, 0.3) is 43.6 Å². The van der Waals surface area contributed by atoms with Crippen LogP contribution in [0.3, 0.4) is 0 Å². The highest BCUT2D eigenvalue weighted by atomic mass is 32.2. The van der Waals surface area contributed by atoms with Crippen molar-refractivity contribution in [3.8, 4) is 11.3 Å². The maximum Gasteiger partial charge on any atom is 0.222 e. The Morgan fingerprint density at radius 2 is 1.59 bits per heavy atom. The van der Waals surface area contributed by atoms with E-state index in [-0.39, 0.29) is 5.41 Å². The first-order valence-corrected chi connectivity index (χ1v) is 14.5. The highest BCUT2D eigenvalue weighted by Gasteiger charge is 2.33. The van der Waals surface area contributed by atoms with Gasteiger partial charge >= 0.3 is 0 Å². The minimum atomic E-state index is 0.195. The van der Waals surface area contributed by atoms with Crippen molar-refractivity contribution in [3.63, 3.8) is 0 Å². The summed E-state index contributed by atoms with van der Waals surface area (Å²) in [5.41, 5.74) is 8.66. The molecule has 37 heavy (non-hydrogen) atoms. The monoisotopic (exact) mass is 504 g/mol. The van der Waals surface area contributed by atoms with E-state index in [4.69, 9.17) is 0 Å². The number of pyridine rings is 1. The Hall–Kier alpha value is -2.84. The molecule has 188 valence electrons. The third kappa shape index (κ3) is 4.05. The van der Waals surface area contributed by atoms with Crippen LogP contribution in [0.5, 0.6) is 0 Å². The van der Waals surface area contributed by atoms with Crippen molar-refractivity contribution in [2.75, 3.05) is 0 Å². The van der Waals surface area contributed by atoms with Gasteiger partial charge in [-0.1, -0.05) is 88.3 Å². The molecule has 4 aromatic carbocycles. The van der Waals surface area contributed by atoms with Gasteiger partial charge in [-0.3, -0.25) is 0 Å². The molecule has 1 aliphatic rings. The van der Waals surface area contributed by atoms with Crippen molar-refractivity contribution in [2.45, 2.75) is 71.1 Å². The van der Waals surface area contributed by atoms with Crippen LogP contribution in [0.15, 0.2) is 64.5 Å². The van der Waals surface area contributed by atoms with Crippen molar-refractivity contribution in [2.24, 2.45) is 18.4 Å². The van der Waals surface area contributed by atoms with Gasteiger partial charge < -0.3 is 0 Å². The van der Waals surface area contributed by atoms with Crippen LogP contribution >= 0.6 is 11.8 Å². The number of hydrogen-bond acceptors (Lipinski definition) is 1. The van der Waals surface area contributed by atoms with Crippen LogP contribution in [-0.4, -0.2) is 0 Å². The van der Waals surface area contributed by atoms with Crippen LogP contribution in [-0.2, 0) is 19.9 Å². The lowest BCUT2D eigenvalue weighted by atomic mass is 9.82. The van der Waals surface area contributed by atoms with Gasteiger partial charge in [-0.2, -0.15) is 0 Å². The van der Waals surface area contributed by atoms with Gasteiger partial charge in [0.25, 0.3) is 0 Å². The summed E-state index contributed by atoms with van der Waals surface area (Å²) in [5.74, 6) is 0.656. The van der Waals surface area contributed by atoms with E-state index >= 15 is 0 Å². The fourth-order valence-corrected chi connectivity index (χ4v) is 7.76. The van der Waals surface area contributed by atoms with E-state index in [9.17, 15) is 0 Å². The summed E-state index contributed by atoms with van der Waals surface area (Å²) < 4.78 is 2.36. The van der Waals surface area contributed by atoms with Gasteiger partial charge in [-0.15, -0.1) is 0 Å². The van der Waals surface area contributed by atoms with Crippen LogP contribution < -0.4 is 4.57 Å². The predicted octanol–water partition coefficient (Wildman–Crippen LogP) is 9.51. The Labute approximate surface area is 225 Å². The second-order valence-corrected chi connectivity index (χ2v) is 13.8. The average Bonchev–Trinajstić information content (AvgIpc) is 2.82. The number of hydrogen-bond donors (Lipinski definition) is 0. The first kappa shape index (κ1) is 24.5. The minimum Gasteiger partial charge on any atom is -0.200 e. The van der Waals surface area contributed by atoms with Crippen molar-refractivity contribution in [1.82, 2.24) is 0 Å². The fraction of sp³-hybridized carbons (Fsp3) is 0.343. The molecule has 0 aliphatic carbocycles. The molecule has 0 amide bonds. The lowest BCUT2D eigenvalue weighted by Gasteiger charge is -2.28. The standard InChI is InChI=1S/C35H38NS/c1-20(2)15-23-10-12-26-25(17-23)18-24-13-14-36(8)32-30-22(4)28-16-21(3)9-11-27(28)29(19-35(5,6)7)34(30)37-33(26)31(24)32/h9-14,16-18,20H,15,19H2,1-8H3/q+1. The van der Waals surface area contributed by atoms with E-state index in [1.165, 1.54) is 75.6 Å². The molecule has 0 N–H and O–H groups in total. The molecule has 2 heterocycles. The Morgan fingerprint density at radius 3 is 2.32 bits per heavy atom. The van der Waals surface area contributed by atoms with Crippen LogP contribution in [0.4, 0.5) is 0 Å². The Bertz CT molecular complexity index is 1730. The third-order valence-corrected chi connectivity index (χ3v) is 9.11. The molecule has 5 aromatic rings. The highest BCUT2D eigenvalue weighted by molar-refractivity contribution is 8.00. The van der Waals surface area contributed by atoms with Crippen molar-refractivity contribution >= 4 is 44.1 Å². The maximum atomic E-state index is 2.43. The molecule has 0 fully saturated rings. The molecule has 0 bridgehead atoms. The number of aromatic nitrogens is 1. The van der Waals surface area contributed by atoms with E-state index in [1.54, 1.807) is 0 Å².